The molecule has 1 aromatic heterocycles. The molecule has 1 saturated heterocycles. The molecule has 2 aromatic rings. The van der Waals surface area contributed by atoms with Crippen LogP contribution in [0.25, 0.3) is 0 Å². The van der Waals surface area contributed by atoms with Gasteiger partial charge in [-0.1, -0.05) is 35.3 Å². The zero-order valence-electron chi connectivity index (χ0n) is 13.3. The van der Waals surface area contributed by atoms with Crippen molar-refractivity contribution in [3.8, 4) is 0 Å². The van der Waals surface area contributed by atoms with Crippen molar-refractivity contribution in [1.29, 1.82) is 0 Å². The zero-order chi connectivity index (χ0) is 17.3. The van der Waals surface area contributed by atoms with E-state index in [0.717, 1.165) is 16.8 Å². The molecule has 1 atom stereocenters. The summed E-state index contributed by atoms with van der Waals surface area (Å²) in [7, 11) is -2.89. The number of halogens is 2. The van der Waals surface area contributed by atoms with Crippen LogP contribution in [-0.4, -0.2) is 35.7 Å². The molecule has 24 heavy (non-hydrogen) atoms. The van der Waals surface area contributed by atoms with Gasteiger partial charge in [0.15, 0.2) is 9.84 Å². The second kappa shape index (κ2) is 7.04. The summed E-state index contributed by atoms with van der Waals surface area (Å²) in [6, 6.07) is 7.55. The van der Waals surface area contributed by atoms with Gasteiger partial charge in [-0.2, -0.15) is 5.10 Å². The zero-order valence-corrected chi connectivity index (χ0v) is 15.6. The largest absolute Gasteiger partial charge is 0.309 e. The lowest BCUT2D eigenvalue weighted by Gasteiger charge is -2.10. The van der Waals surface area contributed by atoms with Gasteiger partial charge in [0.05, 0.1) is 23.7 Å². The number of aryl methyl sites for hydroxylation is 1. The molecule has 0 spiro atoms. The number of rotatable bonds is 5. The Kier molecular flexibility index (Phi) is 5.20. The summed E-state index contributed by atoms with van der Waals surface area (Å²) < 4.78 is 24.8. The number of nitrogens with one attached hydrogen (secondary N) is 1. The molecule has 0 unspecified atom stereocenters. The molecule has 1 aliphatic heterocycles. The summed E-state index contributed by atoms with van der Waals surface area (Å²) in [6.07, 6.45) is 0.651. The number of hydrogen-bond donors (Lipinski definition) is 1. The number of aromatic nitrogens is 2. The van der Waals surface area contributed by atoms with E-state index in [9.17, 15) is 8.42 Å². The van der Waals surface area contributed by atoms with Crippen molar-refractivity contribution in [1.82, 2.24) is 15.1 Å². The van der Waals surface area contributed by atoms with Crippen LogP contribution >= 0.6 is 23.2 Å². The van der Waals surface area contributed by atoms with Crippen LogP contribution in [0.1, 0.15) is 23.2 Å². The first-order valence-electron chi connectivity index (χ1n) is 7.74. The minimum atomic E-state index is -2.89. The standard InChI is InChI=1S/C16H19Cl2N3O2S/c1-11-15(8-19-14-6-7-24(22,23)10-14)16(18)21(20-11)9-12-2-4-13(17)5-3-12/h2-5,14,19H,6-10H2,1H3/t14-/m0/s1. The topological polar surface area (TPSA) is 64.0 Å². The van der Waals surface area contributed by atoms with Gasteiger partial charge in [-0.05, 0) is 31.0 Å². The van der Waals surface area contributed by atoms with Gasteiger partial charge >= 0.3 is 0 Å². The Morgan fingerprint density at radius 1 is 1.29 bits per heavy atom. The first-order chi connectivity index (χ1) is 11.3. The Morgan fingerprint density at radius 3 is 2.62 bits per heavy atom. The van der Waals surface area contributed by atoms with Gasteiger partial charge in [-0.15, -0.1) is 0 Å². The molecule has 3 rings (SSSR count). The van der Waals surface area contributed by atoms with E-state index in [4.69, 9.17) is 23.2 Å². The van der Waals surface area contributed by atoms with Crippen LogP contribution in [-0.2, 0) is 22.9 Å². The molecule has 8 heteroatoms. The Morgan fingerprint density at radius 2 is 2.00 bits per heavy atom. The Labute approximate surface area is 151 Å². The molecule has 2 heterocycles. The van der Waals surface area contributed by atoms with Gasteiger partial charge in [-0.25, -0.2) is 13.1 Å². The summed E-state index contributed by atoms with van der Waals surface area (Å²) in [5.74, 6) is 0.454. The van der Waals surface area contributed by atoms with Crippen molar-refractivity contribution in [3.63, 3.8) is 0 Å². The maximum Gasteiger partial charge on any atom is 0.151 e. The number of hydrogen-bond acceptors (Lipinski definition) is 4. The van der Waals surface area contributed by atoms with E-state index in [2.05, 4.69) is 10.4 Å². The summed E-state index contributed by atoms with van der Waals surface area (Å²) in [5, 5.41) is 9.05. The molecule has 1 fully saturated rings. The van der Waals surface area contributed by atoms with Crippen molar-refractivity contribution >= 4 is 33.0 Å². The van der Waals surface area contributed by atoms with Crippen molar-refractivity contribution in [2.24, 2.45) is 0 Å². The Balaban J connectivity index is 1.69. The Bertz CT molecular complexity index is 832. The second-order valence-corrected chi connectivity index (χ2v) is 9.14. The molecule has 130 valence electrons. The van der Waals surface area contributed by atoms with Crippen molar-refractivity contribution < 1.29 is 8.42 Å². The maximum atomic E-state index is 11.5. The molecule has 5 nitrogen and oxygen atoms in total. The van der Waals surface area contributed by atoms with Crippen molar-refractivity contribution in [2.45, 2.75) is 32.5 Å². The van der Waals surface area contributed by atoms with E-state index in [1.165, 1.54) is 0 Å². The van der Waals surface area contributed by atoms with Gasteiger partial charge in [0.2, 0.25) is 0 Å². The molecule has 0 bridgehead atoms. The van der Waals surface area contributed by atoms with E-state index >= 15 is 0 Å². The fourth-order valence-electron chi connectivity index (χ4n) is 2.86. The highest BCUT2D eigenvalue weighted by Gasteiger charge is 2.27. The highest BCUT2D eigenvalue weighted by atomic mass is 35.5. The monoisotopic (exact) mass is 387 g/mol. The van der Waals surface area contributed by atoms with E-state index in [0.29, 0.717) is 29.7 Å². The number of nitrogens with zero attached hydrogens (tertiary/aromatic N) is 2. The molecule has 1 N–H and O–H groups in total. The van der Waals surface area contributed by atoms with Gasteiger partial charge in [-0.3, -0.25) is 0 Å². The minimum Gasteiger partial charge on any atom is -0.309 e. The lowest BCUT2D eigenvalue weighted by Crippen LogP contribution is -2.29. The average Bonchev–Trinajstić information content (AvgIpc) is 3.00. The highest BCUT2D eigenvalue weighted by molar-refractivity contribution is 7.91. The maximum absolute atomic E-state index is 11.5. The van der Waals surface area contributed by atoms with Crippen molar-refractivity contribution in [2.75, 3.05) is 11.5 Å². The molecular formula is C16H19Cl2N3O2S. The number of sulfone groups is 1. The molecule has 0 amide bonds. The van der Waals surface area contributed by atoms with Crippen molar-refractivity contribution in [3.05, 3.63) is 51.3 Å². The van der Waals surface area contributed by atoms with E-state index in [-0.39, 0.29) is 17.5 Å². The Hall–Kier alpha value is -1.08. The van der Waals surface area contributed by atoms with Crippen LogP contribution in [0.5, 0.6) is 0 Å². The second-order valence-electron chi connectivity index (χ2n) is 6.12. The van der Waals surface area contributed by atoms with Crippen LogP contribution in [0, 0.1) is 6.92 Å². The third kappa shape index (κ3) is 4.11. The van der Waals surface area contributed by atoms with Crippen LogP contribution < -0.4 is 5.32 Å². The lowest BCUT2D eigenvalue weighted by atomic mass is 10.2. The molecular weight excluding hydrogens is 369 g/mol. The SMILES string of the molecule is Cc1nn(Cc2ccc(Cl)cc2)c(Cl)c1CN[C@H]1CCS(=O)(=O)C1. The summed E-state index contributed by atoms with van der Waals surface area (Å²) >= 11 is 12.4. The first-order valence-corrected chi connectivity index (χ1v) is 10.3. The fourth-order valence-corrected chi connectivity index (χ4v) is 5.00. The first kappa shape index (κ1) is 17.7. The lowest BCUT2D eigenvalue weighted by molar-refractivity contribution is 0.553. The van der Waals surface area contributed by atoms with Gasteiger partial charge in [0.25, 0.3) is 0 Å². The average molecular weight is 388 g/mol. The quantitative estimate of drug-likeness (QED) is 0.856. The normalized spacial score (nSPS) is 19.7. The molecule has 0 radical (unpaired) electrons. The van der Waals surface area contributed by atoms with E-state index < -0.39 is 9.84 Å². The molecule has 1 aliphatic rings. The predicted octanol–water partition coefficient (Wildman–Crippen LogP) is 2.82. The van der Waals surface area contributed by atoms with Crippen LogP contribution in [0.3, 0.4) is 0 Å². The minimum absolute atomic E-state index is 0.00918. The molecule has 1 aromatic carbocycles. The molecule has 0 aliphatic carbocycles. The van der Waals surface area contributed by atoms with E-state index in [1.54, 1.807) is 4.68 Å². The smallest absolute Gasteiger partial charge is 0.151 e. The number of benzene rings is 1. The third-order valence-corrected chi connectivity index (χ3v) is 6.67. The summed E-state index contributed by atoms with van der Waals surface area (Å²) in [4.78, 5) is 0. The predicted molar refractivity (Wildman–Crippen MR) is 96.4 cm³/mol. The van der Waals surface area contributed by atoms with Crippen LogP contribution in [0.4, 0.5) is 0 Å². The van der Waals surface area contributed by atoms with Gasteiger partial charge < -0.3 is 5.32 Å². The van der Waals surface area contributed by atoms with E-state index in [1.807, 2.05) is 31.2 Å². The van der Waals surface area contributed by atoms with Gasteiger partial charge in [0.1, 0.15) is 5.15 Å². The van der Waals surface area contributed by atoms with Crippen LogP contribution in [0.15, 0.2) is 24.3 Å². The summed E-state index contributed by atoms with van der Waals surface area (Å²) in [5.41, 5.74) is 2.82. The van der Waals surface area contributed by atoms with Crippen LogP contribution in [0.2, 0.25) is 10.2 Å². The summed E-state index contributed by atoms with van der Waals surface area (Å²) in [6.45, 7) is 2.99. The van der Waals surface area contributed by atoms with Gasteiger partial charge in [0, 0.05) is 23.2 Å². The molecule has 0 saturated carbocycles. The highest BCUT2D eigenvalue weighted by Crippen LogP contribution is 2.22. The fraction of sp³-hybridized carbons (Fsp3) is 0.438. The third-order valence-electron chi connectivity index (χ3n) is 4.23.